The van der Waals surface area contributed by atoms with E-state index in [1.165, 1.54) is 18.2 Å². The minimum Gasteiger partial charge on any atom is -0.395 e. The van der Waals surface area contributed by atoms with Crippen molar-refractivity contribution in [3.05, 3.63) is 41.7 Å². The van der Waals surface area contributed by atoms with E-state index >= 15 is 0 Å². The summed E-state index contributed by atoms with van der Waals surface area (Å²) in [7, 11) is 0. The molecule has 0 aliphatic carbocycles. The molecule has 1 aromatic rings. The Bertz CT molecular complexity index is 574. The second-order valence-electron chi connectivity index (χ2n) is 6.35. The maximum atomic E-state index is 13.2. The van der Waals surface area contributed by atoms with Gasteiger partial charge >= 0.3 is 0 Å². The molecule has 1 fully saturated rings. The number of allylic oxidation sites excluding steroid dienone is 1. The fourth-order valence-corrected chi connectivity index (χ4v) is 3.11. The minimum absolute atomic E-state index is 0.147. The van der Waals surface area contributed by atoms with Gasteiger partial charge in [0, 0.05) is 18.7 Å². The molecule has 1 amide bonds. The molecule has 24 heavy (non-hydrogen) atoms. The van der Waals surface area contributed by atoms with E-state index in [1.807, 2.05) is 0 Å². The number of hydrogen-bond acceptors (Lipinski definition) is 3. The summed E-state index contributed by atoms with van der Waals surface area (Å²) in [6.07, 6.45) is 5.66. The van der Waals surface area contributed by atoms with Crippen molar-refractivity contribution in [2.75, 3.05) is 26.2 Å². The van der Waals surface area contributed by atoms with Gasteiger partial charge in [0.15, 0.2) is 0 Å². The number of benzene rings is 1. The Morgan fingerprint density at radius 1 is 1.46 bits per heavy atom. The van der Waals surface area contributed by atoms with Crippen LogP contribution in [-0.2, 0) is 4.79 Å². The van der Waals surface area contributed by atoms with Crippen LogP contribution >= 0.6 is 0 Å². The van der Waals surface area contributed by atoms with Crippen molar-refractivity contribution < 1.29 is 14.3 Å². The van der Waals surface area contributed by atoms with Crippen LogP contribution in [0.5, 0.6) is 0 Å². The first-order chi connectivity index (χ1) is 11.6. The molecule has 0 saturated carbocycles. The molecule has 5 heteroatoms. The van der Waals surface area contributed by atoms with E-state index in [2.05, 4.69) is 10.2 Å². The largest absolute Gasteiger partial charge is 0.395 e. The lowest BCUT2D eigenvalue weighted by atomic mass is 10.1. The molecule has 1 unspecified atom stereocenters. The monoisotopic (exact) mass is 334 g/mol. The smallest absolute Gasteiger partial charge is 0.244 e. The number of unbranched alkanes of at least 4 members (excludes halogenated alkanes) is 1. The van der Waals surface area contributed by atoms with Gasteiger partial charge in [-0.05, 0) is 69.0 Å². The van der Waals surface area contributed by atoms with Gasteiger partial charge in [-0.25, -0.2) is 4.39 Å². The molecular weight excluding hydrogens is 307 g/mol. The number of aliphatic hydroxyl groups excluding tert-OH is 1. The molecule has 1 aromatic carbocycles. The van der Waals surface area contributed by atoms with Crippen molar-refractivity contribution in [2.45, 2.75) is 38.6 Å². The number of halogens is 1. The van der Waals surface area contributed by atoms with Crippen molar-refractivity contribution >= 4 is 11.5 Å². The topological polar surface area (TPSA) is 52.6 Å². The van der Waals surface area contributed by atoms with Crippen LogP contribution < -0.4 is 5.32 Å². The number of nitrogens with one attached hydrogen (secondary N) is 1. The average Bonchev–Trinajstić information content (AvgIpc) is 3.02. The van der Waals surface area contributed by atoms with Crippen LogP contribution in [0.4, 0.5) is 4.39 Å². The highest BCUT2D eigenvalue weighted by molar-refractivity contribution is 5.94. The summed E-state index contributed by atoms with van der Waals surface area (Å²) in [5.74, 6) is -0.449. The molecule has 1 aliphatic heterocycles. The first-order valence-corrected chi connectivity index (χ1v) is 8.67. The van der Waals surface area contributed by atoms with Gasteiger partial charge in [-0.15, -0.1) is 0 Å². The molecule has 4 nitrogen and oxygen atoms in total. The van der Waals surface area contributed by atoms with Crippen molar-refractivity contribution in [2.24, 2.45) is 0 Å². The maximum absolute atomic E-state index is 13.2. The highest BCUT2D eigenvalue weighted by atomic mass is 19.1. The van der Waals surface area contributed by atoms with E-state index in [0.29, 0.717) is 18.2 Å². The molecule has 2 rings (SSSR count). The third-order valence-corrected chi connectivity index (χ3v) is 4.51. The zero-order chi connectivity index (χ0) is 17.4. The summed E-state index contributed by atoms with van der Waals surface area (Å²) in [6.45, 7) is 4.70. The summed E-state index contributed by atoms with van der Waals surface area (Å²) < 4.78 is 13.2. The molecular formula is C19H27FN2O2. The standard InChI is InChI=1S/C19H27FN2O2/c1-15(16-6-4-7-17(20)13-16)12-19(24)21-9-2-3-10-22-11-5-8-18(22)14-23/h4,6-7,12-13,18,23H,2-3,5,8-11,14H2,1H3,(H,21,24)/b15-12-. The van der Waals surface area contributed by atoms with Crippen LogP contribution in [0.1, 0.15) is 38.2 Å². The Kier molecular flexibility index (Phi) is 7.40. The number of carbonyl (C=O) groups is 1. The van der Waals surface area contributed by atoms with Gasteiger partial charge in [0.2, 0.25) is 5.91 Å². The highest BCUT2D eigenvalue weighted by Crippen LogP contribution is 2.17. The lowest BCUT2D eigenvalue weighted by Gasteiger charge is -2.22. The quantitative estimate of drug-likeness (QED) is 0.567. The Labute approximate surface area is 143 Å². The van der Waals surface area contributed by atoms with Crippen LogP contribution in [0.15, 0.2) is 30.3 Å². The van der Waals surface area contributed by atoms with E-state index in [-0.39, 0.29) is 18.3 Å². The summed E-state index contributed by atoms with van der Waals surface area (Å²) >= 11 is 0. The summed E-state index contributed by atoms with van der Waals surface area (Å²) in [5.41, 5.74) is 1.46. The van der Waals surface area contributed by atoms with Crippen molar-refractivity contribution in [1.29, 1.82) is 0 Å². The number of nitrogens with zero attached hydrogens (tertiary/aromatic N) is 1. The minimum atomic E-state index is -0.302. The zero-order valence-corrected chi connectivity index (χ0v) is 14.3. The molecule has 0 spiro atoms. The van der Waals surface area contributed by atoms with Gasteiger partial charge in [0.1, 0.15) is 5.82 Å². The lowest BCUT2D eigenvalue weighted by molar-refractivity contribution is -0.116. The summed E-state index contributed by atoms with van der Waals surface area (Å²) in [5, 5.41) is 12.1. The van der Waals surface area contributed by atoms with Crippen molar-refractivity contribution in [3.8, 4) is 0 Å². The van der Waals surface area contributed by atoms with Gasteiger partial charge in [-0.3, -0.25) is 9.69 Å². The number of aliphatic hydroxyl groups is 1. The van der Waals surface area contributed by atoms with Gasteiger partial charge in [0.25, 0.3) is 0 Å². The molecule has 1 atom stereocenters. The predicted octanol–water partition coefficient (Wildman–Crippen LogP) is 2.58. The van der Waals surface area contributed by atoms with E-state index in [1.54, 1.807) is 19.1 Å². The molecule has 132 valence electrons. The van der Waals surface area contributed by atoms with E-state index in [0.717, 1.165) is 44.3 Å². The van der Waals surface area contributed by atoms with Crippen LogP contribution in [0, 0.1) is 5.82 Å². The highest BCUT2D eigenvalue weighted by Gasteiger charge is 2.22. The number of rotatable bonds is 8. The Morgan fingerprint density at radius 2 is 2.29 bits per heavy atom. The van der Waals surface area contributed by atoms with Crippen LogP contribution in [0.2, 0.25) is 0 Å². The number of carbonyl (C=O) groups excluding carboxylic acids is 1. The number of likely N-dealkylation sites (tertiary alicyclic amines) is 1. The van der Waals surface area contributed by atoms with Gasteiger partial charge in [-0.1, -0.05) is 12.1 Å². The summed E-state index contributed by atoms with van der Waals surface area (Å²) in [6, 6.07) is 6.55. The average molecular weight is 334 g/mol. The first-order valence-electron chi connectivity index (χ1n) is 8.67. The lowest BCUT2D eigenvalue weighted by Crippen LogP contribution is -2.33. The van der Waals surface area contributed by atoms with Crippen molar-refractivity contribution in [1.82, 2.24) is 10.2 Å². The fraction of sp³-hybridized carbons (Fsp3) is 0.526. The zero-order valence-electron chi connectivity index (χ0n) is 14.3. The molecule has 0 bridgehead atoms. The molecule has 0 radical (unpaired) electrons. The number of amides is 1. The molecule has 0 aromatic heterocycles. The third kappa shape index (κ3) is 5.73. The van der Waals surface area contributed by atoms with E-state index in [9.17, 15) is 14.3 Å². The number of hydrogen-bond donors (Lipinski definition) is 2. The van der Waals surface area contributed by atoms with Gasteiger partial charge in [-0.2, -0.15) is 0 Å². The Balaban J connectivity index is 1.67. The molecule has 1 saturated heterocycles. The Hall–Kier alpha value is -1.72. The molecule has 2 N–H and O–H groups in total. The van der Waals surface area contributed by atoms with Crippen LogP contribution in [0.3, 0.4) is 0 Å². The maximum Gasteiger partial charge on any atom is 0.244 e. The normalized spacial score (nSPS) is 18.8. The molecule has 1 aliphatic rings. The fourth-order valence-electron chi connectivity index (χ4n) is 3.11. The third-order valence-electron chi connectivity index (χ3n) is 4.51. The van der Waals surface area contributed by atoms with Gasteiger partial charge < -0.3 is 10.4 Å². The van der Waals surface area contributed by atoms with Gasteiger partial charge in [0.05, 0.1) is 6.61 Å². The molecule has 1 heterocycles. The van der Waals surface area contributed by atoms with E-state index in [4.69, 9.17) is 0 Å². The Morgan fingerprint density at radius 3 is 3.04 bits per heavy atom. The second kappa shape index (κ2) is 9.55. The summed E-state index contributed by atoms with van der Waals surface area (Å²) in [4.78, 5) is 14.2. The van der Waals surface area contributed by atoms with Crippen molar-refractivity contribution in [3.63, 3.8) is 0 Å². The first kappa shape index (κ1) is 18.6. The van der Waals surface area contributed by atoms with Crippen LogP contribution in [-0.4, -0.2) is 48.2 Å². The SMILES string of the molecule is C/C(=C/C(=O)NCCCCN1CCCC1CO)c1cccc(F)c1. The van der Waals surface area contributed by atoms with Crippen LogP contribution in [0.25, 0.3) is 5.57 Å². The predicted molar refractivity (Wildman–Crippen MR) is 94.0 cm³/mol. The second-order valence-corrected chi connectivity index (χ2v) is 6.35. The van der Waals surface area contributed by atoms with E-state index < -0.39 is 0 Å².